The normalized spacial score (nSPS) is 11.4. The van der Waals surface area contributed by atoms with Crippen molar-refractivity contribution in [3.8, 4) is 11.1 Å². The van der Waals surface area contributed by atoms with E-state index in [0.717, 1.165) is 10.9 Å². The summed E-state index contributed by atoms with van der Waals surface area (Å²) in [5.41, 5.74) is 2.08. The molecule has 174 valence electrons. The highest BCUT2D eigenvalue weighted by Gasteiger charge is 2.17. The molecule has 0 saturated heterocycles. The van der Waals surface area contributed by atoms with Crippen LogP contribution in [0, 0.1) is 19.7 Å². The molecule has 9 heteroatoms. The molecule has 0 unspecified atom stereocenters. The first-order valence-electron chi connectivity index (χ1n) is 10.5. The van der Waals surface area contributed by atoms with Gasteiger partial charge in [0.05, 0.1) is 11.2 Å². The standard InChI is InChI=1S/C24H27F2N5O2/c1-13-8-19(25)21(31-23(33)27-7-6-24(4,5)26)10-17(13)18-9-16-12-28-22(30-15(3)32)11-20(16)29-14(18)2/h8-12H,6-7H2,1-5H3,(H2,27,31,33)(H,28,30,32). The molecule has 0 atom stereocenters. The molecule has 0 aliphatic rings. The number of hydrogen-bond acceptors (Lipinski definition) is 4. The fraction of sp³-hybridized carbons (Fsp3) is 0.333. The number of aryl methyl sites for hydroxylation is 2. The van der Waals surface area contributed by atoms with Crippen LogP contribution in [0.5, 0.6) is 0 Å². The largest absolute Gasteiger partial charge is 0.338 e. The summed E-state index contributed by atoms with van der Waals surface area (Å²) in [5.74, 6) is -0.402. The SMILES string of the molecule is CC(=O)Nc1cc2nc(C)c(-c3cc(NC(=O)NCCC(C)(C)F)c(F)cc3C)cc2cn1. The second-order valence-corrected chi connectivity index (χ2v) is 8.56. The van der Waals surface area contributed by atoms with Crippen LogP contribution in [-0.4, -0.2) is 34.1 Å². The van der Waals surface area contributed by atoms with E-state index >= 15 is 0 Å². The van der Waals surface area contributed by atoms with Crippen LogP contribution in [0.3, 0.4) is 0 Å². The summed E-state index contributed by atoms with van der Waals surface area (Å²) in [6, 6.07) is 5.85. The number of pyridine rings is 2. The van der Waals surface area contributed by atoms with Crippen LogP contribution < -0.4 is 16.0 Å². The van der Waals surface area contributed by atoms with Gasteiger partial charge in [-0.25, -0.2) is 18.6 Å². The molecule has 0 bridgehead atoms. The number of aromatic nitrogens is 2. The quantitative estimate of drug-likeness (QED) is 0.472. The average Bonchev–Trinajstić information content (AvgIpc) is 2.68. The van der Waals surface area contributed by atoms with Crippen LogP contribution >= 0.6 is 0 Å². The van der Waals surface area contributed by atoms with Gasteiger partial charge < -0.3 is 16.0 Å². The van der Waals surface area contributed by atoms with Crippen LogP contribution in [0.15, 0.2) is 30.5 Å². The van der Waals surface area contributed by atoms with Gasteiger partial charge in [-0.05, 0) is 63.4 Å². The molecule has 2 aromatic heterocycles. The van der Waals surface area contributed by atoms with E-state index in [-0.39, 0.29) is 24.6 Å². The third kappa shape index (κ3) is 6.21. The number of hydrogen-bond donors (Lipinski definition) is 3. The van der Waals surface area contributed by atoms with Gasteiger partial charge in [-0.15, -0.1) is 0 Å². The molecule has 3 N–H and O–H groups in total. The van der Waals surface area contributed by atoms with Crippen LogP contribution in [0.4, 0.5) is 25.1 Å². The number of amides is 3. The molecule has 0 saturated carbocycles. The smallest absolute Gasteiger partial charge is 0.319 e. The Kier molecular flexibility index (Phi) is 6.90. The maximum absolute atomic E-state index is 14.6. The highest BCUT2D eigenvalue weighted by atomic mass is 19.1. The van der Waals surface area contributed by atoms with Crippen LogP contribution in [0.25, 0.3) is 22.0 Å². The lowest BCUT2D eigenvalue weighted by molar-refractivity contribution is -0.114. The van der Waals surface area contributed by atoms with Crippen molar-refractivity contribution in [3.05, 3.63) is 47.5 Å². The van der Waals surface area contributed by atoms with Gasteiger partial charge in [-0.2, -0.15) is 0 Å². The molecule has 33 heavy (non-hydrogen) atoms. The molecule has 0 aliphatic heterocycles. The van der Waals surface area contributed by atoms with E-state index in [0.29, 0.717) is 28.2 Å². The van der Waals surface area contributed by atoms with Crippen molar-refractivity contribution in [2.24, 2.45) is 0 Å². The summed E-state index contributed by atoms with van der Waals surface area (Å²) in [7, 11) is 0. The zero-order chi connectivity index (χ0) is 24.3. The molecule has 3 rings (SSSR count). The fourth-order valence-corrected chi connectivity index (χ4v) is 3.38. The Hall–Kier alpha value is -3.62. The maximum atomic E-state index is 14.6. The Balaban J connectivity index is 1.90. The van der Waals surface area contributed by atoms with E-state index in [9.17, 15) is 18.4 Å². The number of fused-ring (bicyclic) bond motifs is 1. The lowest BCUT2D eigenvalue weighted by Crippen LogP contribution is -2.32. The van der Waals surface area contributed by atoms with Crippen LogP contribution in [0.2, 0.25) is 0 Å². The molecule has 0 fully saturated rings. The summed E-state index contributed by atoms with van der Waals surface area (Å²) in [6.07, 6.45) is 1.75. The van der Waals surface area contributed by atoms with Crippen molar-refractivity contribution in [2.75, 3.05) is 17.2 Å². The Labute approximate surface area is 191 Å². The Morgan fingerprint density at radius 1 is 1.06 bits per heavy atom. The van der Waals surface area contributed by atoms with Crippen molar-refractivity contribution in [3.63, 3.8) is 0 Å². The number of nitrogens with one attached hydrogen (secondary N) is 3. The van der Waals surface area contributed by atoms with Crippen molar-refractivity contribution in [2.45, 2.75) is 46.7 Å². The Morgan fingerprint density at radius 3 is 2.45 bits per heavy atom. The highest BCUT2D eigenvalue weighted by molar-refractivity contribution is 5.93. The zero-order valence-corrected chi connectivity index (χ0v) is 19.3. The summed E-state index contributed by atoms with van der Waals surface area (Å²) in [6.45, 7) is 7.97. The molecule has 0 spiro atoms. The number of alkyl halides is 1. The summed E-state index contributed by atoms with van der Waals surface area (Å²) in [4.78, 5) is 32.3. The number of anilines is 2. The van der Waals surface area contributed by atoms with Gasteiger partial charge in [0.15, 0.2) is 0 Å². The third-order valence-electron chi connectivity index (χ3n) is 5.05. The Bertz CT molecular complexity index is 1220. The lowest BCUT2D eigenvalue weighted by Gasteiger charge is -2.16. The predicted octanol–water partition coefficient (Wildman–Crippen LogP) is 5.27. The number of nitrogens with zero attached hydrogens (tertiary/aromatic N) is 2. The van der Waals surface area contributed by atoms with E-state index in [2.05, 4.69) is 25.9 Å². The third-order valence-corrected chi connectivity index (χ3v) is 5.05. The number of benzene rings is 1. The summed E-state index contributed by atoms with van der Waals surface area (Å²) >= 11 is 0. The number of carbonyl (C=O) groups is 2. The molecular weight excluding hydrogens is 428 g/mol. The minimum atomic E-state index is -1.41. The minimum absolute atomic E-state index is 0.00577. The number of carbonyl (C=O) groups excluding carboxylic acids is 2. The number of urea groups is 1. The predicted molar refractivity (Wildman–Crippen MR) is 126 cm³/mol. The summed E-state index contributed by atoms with van der Waals surface area (Å²) in [5, 5.41) is 8.40. The second kappa shape index (κ2) is 9.48. The van der Waals surface area contributed by atoms with Crippen LogP contribution in [-0.2, 0) is 4.79 Å². The molecule has 3 amide bonds. The summed E-state index contributed by atoms with van der Waals surface area (Å²) < 4.78 is 28.1. The second-order valence-electron chi connectivity index (χ2n) is 8.56. The van der Waals surface area contributed by atoms with E-state index in [4.69, 9.17) is 0 Å². The number of halogens is 2. The first-order chi connectivity index (χ1) is 15.4. The van der Waals surface area contributed by atoms with Crippen molar-refractivity contribution >= 4 is 34.3 Å². The van der Waals surface area contributed by atoms with Crippen molar-refractivity contribution in [1.29, 1.82) is 0 Å². The first kappa shape index (κ1) is 24.0. The monoisotopic (exact) mass is 455 g/mol. The van der Waals surface area contributed by atoms with Crippen LogP contribution in [0.1, 0.15) is 38.4 Å². The van der Waals surface area contributed by atoms with E-state index in [1.54, 1.807) is 25.3 Å². The highest BCUT2D eigenvalue weighted by Crippen LogP contribution is 2.32. The molecule has 0 aliphatic carbocycles. The van der Waals surface area contributed by atoms with E-state index < -0.39 is 17.5 Å². The maximum Gasteiger partial charge on any atom is 0.319 e. The van der Waals surface area contributed by atoms with Gasteiger partial charge in [-0.3, -0.25) is 9.78 Å². The zero-order valence-electron chi connectivity index (χ0n) is 19.3. The fourth-order valence-electron chi connectivity index (χ4n) is 3.38. The molecule has 3 aromatic rings. The number of rotatable bonds is 6. The molecule has 7 nitrogen and oxygen atoms in total. The van der Waals surface area contributed by atoms with Gasteiger partial charge >= 0.3 is 6.03 Å². The molecule has 0 radical (unpaired) electrons. The molecule has 1 aromatic carbocycles. The van der Waals surface area contributed by atoms with Crippen molar-refractivity contribution < 1.29 is 18.4 Å². The van der Waals surface area contributed by atoms with Crippen molar-refractivity contribution in [1.82, 2.24) is 15.3 Å². The van der Waals surface area contributed by atoms with Gasteiger partial charge in [0.2, 0.25) is 5.91 Å². The van der Waals surface area contributed by atoms with Gasteiger partial charge in [0.25, 0.3) is 0 Å². The van der Waals surface area contributed by atoms with Gasteiger partial charge in [0.1, 0.15) is 17.3 Å². The Morgan fingerprint density at radius 2 is 1.79 bits per heavy atom. The topological polar surface area (TPSA) is 96.0 Å². The molecular formula is C24H27F2N5O2. The average molecular weight is 456 g/mol. The van der Waals surface area contributed by atoms with Gasteiger partial charge in [-0.1, -0.05) is 0 Å². The van der Waals surface area contributed by atoms with E-state index in [1.807, 2.05) is 13.0 Å². The van der Waals surface area contributed by atoms with E-state index in [1.165, 1.54) is 26.8 Å². The first-order valence-corrected chi connectivity index (χ1v) is 10.5. The minimum Gasteiger partial charge on any atom is -0.338 e. The lowest BCUT2D eigenvalue weighted by atomic mass is 9.97. The molecule has 2 heterocycles. The van der Waals surface area contributed by atoms with Gasteiger partial charge in [0, 0.05) is 42.4 Å².